The maximum atomic E-state index is 2.60. The van der Waals surface area contributed by atoms with Gasteiger partial charge in [-0.3, -0.25) is 0 Å². The first kappa shape index (κ1) is 18.8. The molecule has 0 radical (unpaired) electrons. The summed E-state index contributed by atoms with van der Waals surface area (Å²) in [5.41, 5.74) is 9.67. The zero-order valence-corrected chi connectivity index (χ0v) is 18.7. The Morgan fingerprint density at radius 3 is 2.12 bits per heavy atom. The first-order valence-electron chi connectivity index (χ1n) is 12.0. The van der Waals surface area contributed by atoms with Gasteiger partial charge in [-0.05, 0) is 67.1 Å². The van der Waals surface area contributed by atoms with Crippen molar-refractivity contribution in [3.63, 3.8) is 0 Å². The van der Waals surface area contributed by atoms with Gasteiger partial charge in [-0.15, -0.1) is 0 Å². The lowest BCUT2D eigenvalue weighted by Crippen LogP contribution is -2.09. The Morgan fingerprint density at radius 1 is 0.576 bits per heavy atom. The van der Waals surface area contributed by atoms with Crippen molar-refractivity contribution in [1.82, 2.24) is 9.13 Å². The maximum Gasteiger partial charge on any atom is 0.0548 e. The third-order valence-electron chi connectivity index (χ3n) is 7.37. The van der Waals surface area contributed by atoms with Crippen LogP contribution in [-0.2, 0) is 19.4 Å². The molecule has 0 atom stereocenters. The van der Waals surface area contributed by atoms with Crippen molar-refractivity contribution < 1.29 is 0 Å². The molecule has 0 saturated heterocycles. The summed E-state index contributed by atoms with van der Waals surface area (Å²) < 4.78 is 5.04. The number of aromatic nitrogens is 2. The van der Waals surface area contributed by atoms with Crippen LogP contribution in [-0.4, -0.2) is 9.13 Å². The fourth-order valence-corrected chi connectivity index (χ4v) is 5.89. The van der Waals surface area contributed by atoms with Crippen LogP contribution in [0.15, 0.2) is 97.1 Å². The van der Waals surface area contributed by atoms with Crippen molar-refractivity contribution in [2.75, 3.05) is 0 Å². The normalized spacial score (nSPS) is 13.7. The van der Waals surface area contributed by atoms with Crippen molar-refractivity contribution in [3.05, 3.63) is 114 Å². The van der Waals surface area contributed by atoms with E-state index in [1.807, 2.05) is 0 Å². The van der Waals surface area contributed by atoms with Crippen LogP contribution in [0.4, 0.5) is 0 Å². The highest BCUT2D eigenvalue weighted by molar-refractivity contribution is 6.13. The van der Waals surface area contributed by atoms with Crippen LogP contribution in [0, 0.1) is 0 Å². The topological polar surface area (TPSA) is 9.86 Å². The second-order valence-corrected chi connectivity index (χ2v) is 9.28. The summed E-state index contributed by atoms with van der Waals surface area (Å²) in [6, 6.07) is 35.5. The van der Waals surface area contributed by atoms with Gasteiger partial charge in [0.1, 0.15) is 0 Å². The predicted octanol–water partition coefficient (Wildman–Crippen LogP) is 7.67. The summed E-state index contributed by atoms with van der Waals surface area (Å²) in [5.74, 6) is 0. The van der Waals surface area contributed by atoms with Crippen molar-refractivity contribution in [1.29, 1.82) is 0 Å². The van der Waals surface area contributed by atoms with Crippen molar-refractivity contribution in [2.45, 2.75) is 32.2 Å². The van der Waals surface area contributed by atoms with Gasteiger partial charge in [0.25, 0.3) is 0 Å². The van der Waals surface area contributed by atoms with Crippen LogP contribution >= 0.6 is 0 Å². The molecule has 6 aromatic rings. The molecule has 1 aliphatic rings. The van der Waals surface area contributed by atoms with E-state index in [9.17, 15) is 0 Å². The minimum atomic E-state index is 0.940. The first-order chi connectivity index (χ1) is 16.4. The lowest BCUT2D eigenvalue weighted by molar-refractivity contribution is 0.638. The summed E-state index contributed by atoms with van der Waals surface area (Å²) in [6.45, 7) is 0.940. The number of hydrogen-bond donors (Lipinski definition) is 0. The number of fused-ring (bicyclic) bond motifs is 6. The molecule has 0 bridgehead atoms. The quantitative estimate of drug-likeness (QED) is 0.275. The average molecular weight is 427 g/mol. The van der Waals surface area contributed by atoms with Crippen LogP contribution in [0.2, 0.25) is 0 Å². The molecule has 4 aromatic carbocycles. The summed E-state index contributed by atoms with van der Waals surface area (Å²) in [4.78, 5) is 0. The smallest absolute Gasteiger partial charge is 0.0548 e. The van der Waals surface area contributed by atoms with Crippen molar-refractivity contribution in [3.8, 4) is 5.69 Å². The van der Waals surface area contributed by atoms with Gasteiger partial charge in [-0.1, -0.05) is 66.7 Å². The second-order valence-electron chi connectivity index (χ2n) is 9.28. The van der Waals surface area contributed by atoms with E-state index in [0.717, 1.165) is 6.54 Å². The van der Waals surface area contributed by atoms with E-state index in [4.69, 9.17) is 0 Å². The Kier molecular flexibility index (Phi) is 4.20. The second kappa shape index (κ2) is 7.38. The minimum absolute atomic E-state index is 0.940. The number of rotatable bonds is 3. The minimum Gasteiger partial charge on any atom is -0.340 e. The SMILES string of the molecule is c1ccc(Cn2c3c(c4cc5c(cc42)c2ccccc2n5-c2ccccc2)CCCC3)cc1. The van der Waals surface area contributed by atoms with Gasteiger partial charge in [0.15, 0.2) is 0 Å². The molecule has 160 valence electrons. The summed E-state index contributed by atoms with van der Waals surface area (Å²) in [5, 5.41) is 4.10. The lowest BCUT2D eigenvalue weighted by Gasteiger charge is -2.16. The summed E-state index contributed by atoms with van der Waals surface area (Å²) >= 11 is 0. The Balaban J connectivity index is 1.58. The fraction of sp³-hybridized carbons (Fsp3) is 0.161. The molecule has 0 saturated carbocycles. The molecule has 2 aromatic heterocycles. The number of benzene rings is 4. The summed E-state index contributed by atoms with van der Waals surface area (Å²) in [6.07, 6.45) is 4.94. The molecular formula is C31H26N2. The average Bonchev–Trinajstić information content (AvgIpc) is 3.36. The van der Waals surface area contributed by atoms with E-state index >= 15 is 0 Å². The summed E-state index contributed by atoms with van der Waals surface area (Å²) in [7, 11) is 0. The molecule has 2 heteroatoms. The molecule has 33 heavy (non-hydrogen) atoms. The van der Waals surface area contributed by atoms with E-state index in [0.29, 0.717) is 0 Å². The molecule has 0 fully saturated rings. The van der Waals surface area contributed by atoms with Crippen molar-refractivity contribution >= 4 is 32.7 Å². The van der Waals surface area contributed by atoms with Gasteiger partial charge in [-0.2, -0.15) is 0 Å². The number of para-hydroxylation sites is 2. The molecule has 0 unspecified atom stereocenters. The monoisotopic (exact) mass is 426 g/mol. The predicted molar refractivity (Wildman–Crippen MR) is 138 cm³/mol. The van der Waals surface area contributed by atoms with Crippen LogP contribution in [0.5, 0.6) is 0 Å². The van der Waals surface area contributed by atoms with E-state index in [2.05, 4.69) is 106 Å². The Labute approximate surface area is 193 Å². The molecule has 7 rings (SSSR count). The van der Waals surface area contributed by atoms with Gasteiger partial charge in [0, 0.05) is 39.6 Å². The van der Waals surface area contributed by atoms with E-state index in [-0.39, 0.29) is 0 Å². The lowest BCUT2D eigenvalue weighted by atomic mass is 9.95. The third-order valence-corrected chi connectivity index (χ3v) is 7.37. The zero-order valence-electron chi connectivity index (χ0n) is 18.7. The van der Waals surface area contributed by atoms with E-state index < -0.39 is 0 Å². The molecular weight excluding hydrogens is 400 g/mol. The van der Waals surface area contributed by atoms with Gasteiger partial charge in [-0.25, -0.2) is 0 Å². The van der Waals surface area contributed by atoms with Gasteiger partial charge < -0.3 is 9.13 Å². The van der Waals surface area contributed by atoms with Gasteiger partial charge >= 0.3 is 0 Å². The molecule has 2 nitrogen and oxygen atoms in total. The maximum absolute atomic E-state index is 2.60. The molecule has 0 spiro atoms. The molecule has 1 aliphatic carbocycles. The highest BCUT2D eigenvalue weighted by atomic mass is 15.0. The van der Waals surface area contributed by atoms with Crippen LogP contribution in [0.3, 0.4) is 0 Å². The zero-order chi connectivity index (χ0) is 21.8. The van der Waals surface area contributed by atoms with Crippen molar-refractivity contribution in [2.24, 2.45) is 0 Å². The van der Waals surface area contributed by atoms with Crippen LogP contribution in [0.25, 0.3) is 38.4 Å². The first-order valence-corrected chi connectivity index (χ1v) is 12.0. The van der Waals surface area contributed by atoms with E-state index in [1.165, 1.54) is 69.6 Å². The highest BCUT2D eigenvalue weighted by Gasteiger charge is 2.22. The van der Waals surface area contributed by atoms with Gasteiger partial charge in [0.05, 0.1) is 11.0 Å². The number of aryl methyl sites for hydroxylation is 1. The molecule has 0 amide bonds. The Hall–Kier alpha value is -3.78. The van der Waals surface area contributed by atoms with Crippen LogP contribution in [0.1, 0.15) is 29.7 Å². The molecule has 0 aliphatic heterocycles. The van der Waals surface area contributed by atoms with Crippen LogP contribution < -0.4 is 0 Å². The number of hydrogen-bond acceptors (Lipinski definition) is 0. The Bertz CT molecular complexity index is 1620. The fourth-order valence-electron chi connectivity index (χ4n) is 5.89. The van der Waals surface area contributed by atoms with Gasteiger partial charge in [0.2, 0.25) is 0 Å². The molecule has 0 N–H and O–H groups in total. The Morgan fingerprint density at radius 2 is 1.27 bits per heavy atom. The molecule has 2 heterocycles. The van der Waals surface area contributed by atoms with E-state index in [1.54, 1.807) is 11.3 Å². The largest absolute Gasteiger partial charge is 0.340 e. The number of nitrogens with zero attached hydrogens (tertiary/aromatic N) is 2. The third kappa shape index (κ3) is 2.87. The highest BCUT2D eigenvalue weighted by Crippen LogP contribution is 2.39. The standard InChI is InChI=1S/C31H26N2/c1-3-11-22(12-4-1)21-32-28-17-9-7-15-24(28)26-20-31-27(19-30(26)32)25-16-8-10-18-29(25)33(31)23-13-5-2-6-14-23/h1-6,8,10-14,16,18-20H,7,9,15,17,21H2.